The van der Waals surface area contributed by atoms with Gasteiger partial charge in [0.1, 0.15) is 5.82 Å². The Morgan fingerprint density at radius 1 is 0.925 bits per heavy atom. The van der Waals surface area contributed by atoms with E-state index in [-0.39, 0.29) is 0 Å². The van der Waals surface area contributed by atoms with Gasteiger partial charge in [0.15, 0.2) is 0 Å². The molecule has 0 spiro atoms. The smallest absolute Gasteiger partial charge is 0.115 e. The van der Waals surface area contributed by atoms with E-state index < -0.39 is 0 Å². The van der Waals surface area contributed by atoms with Crippen LogP contribution in [-0.2, 0) is 7.05 Å². The van der Waals surface area contributed by atoms with Crippen molar-refractivity contribution in [3.05, 3.63) is 113 Å². The molecule has 7 heteroatoms. The maximum absolute atomic E-state index is 6.62. The van der Waals surface area contributed by atoms with Crippen molar-refractivity contribution in [1.29, 1.82) is 0 Å². The van der Waals surface area contributed by atoms with E-state index in [1.807, 2.05) is 82.3 Å². The number of rotatable bonds is 4. The molecule has 1 aliphatic heterocycles. The summed E-state index contributed by atoms with van der Waals surface area (Å²) in [6.45, 7) is 17.1. The largest absolute Gasteiger partial charge is 0.295 e. The number of pyridine rings is 1. The third-order valence-corrected chi connectivity index (χ3v) is 8.45. The van der Waals surface area contributed by atoms with Crippen LogP contribution in [0, 0.1) is 0 Å². The maximum Gasteiger partial charge on any atom is 0.115 e. The molecule has 0 saturated heterocycles. The summed E-state index contributed by atoms with van der Waals surface area (Å²) in [6.07, 6.45) is 9.75. The Hall–Kier alpha value is -4.13. The molecular weight excluding hydrogens is 534 g/mol. The summed E-state index contributed by atoms with van der Waals surface area (Å²) in [7, 11) is 1.94. The van der Waals surface area contributed by atoms with Crippen molar-refractivity contribution in [3.8, 4) is 0 Å². The molecule has 0 radical (unpaired) electrons. The number of hydrogen-bond acceptors (Lipinski definition) is 5. The number of aryl methyl sites for hydroxylation is 1. The van der Waals surface area contributed by atoms with Crippen LogP contribution in [0.25, 0.3) is 32.9 Å². The van der Waals surface area contributed by atoms with E-state index in [1.54, 1.807) is 11.3 Å². The Morgan fingerprint density at radius 3 is 2.45 bits per heavy atom. The first-order valence-electron chi connectivity index (χ1n) is 13.3. The summed E-state index contributed by atoms with van der Waals surface area (Å²) >= 11 is 8.30. The van der Waals surface area contributed by atoms with Gasteiger partial charge in [0.2, 0.25) is 0 Å². The average Bonchev–Trinajstić information content (AvgIpc) is 3.57. The second-order valence-electron chi connectivity index (χ2n) is 9.12. The molecule has 0 atom stereocenters. The number of thiophene rings is 1. The van der Waals surface area contributed by atoms with E-state index in [4.69, 9.17) is 11.6 Å². The van der Waals surface area contributed by atoms with Gasteiger partial charge in [0.25, 0.3) is 0 Å². The van der Waals surface area contributed by atoms with Crippen LogP contribution >= 0.6 is 22.9 Å². The molecule has 0 unspecified atom stereocenters. The van der Waals surface area contributed by atoms with Gasteiger partial charge in [-0.05, 0) is 38.1 Å². The van der Waals surface area contributed by atoms with Crippen LogP contribution in [0.15, 0.2) is 103 Å². The highest BCUT2D eigenvalue weighted by molar-refractivity contribution is 7.15. The molecule has 1 aliphatic rings. The Morgan fingerprint density at radius 2 is 1.70 bits per heavy atom. The van der Waals surface area contributed by atoms with E-state index in [9.17, 15) is 0 Å². The van der Waals surface area contributed by atoms with Crippen LogP contribution in [0.3, 0.4) is 0 Å². The quantitative estimate of drug-likeness (QED) is 0.203. The minimum atomic E-state index is 0.715. The van der Waals surface area contributed by atoms with Crippen LogP contribution in [0.5, 0.6) is 0 Å². The first-order valence-corrected chi connectivity index (χ1v) is 14.5. The van der Waals surface area contributed by atoms with Crippen molar-refractivity contribution < 1.29 is 0 Å². The Balaban J connectivity index is 0.00000158. The van der Waals surface area contributed by atoms with Crippen LogP contribution in [-0.4, -0.2) is 14.8 Å². The second kappa shape index (κ2) is 11.2. The molecule has 0 amide bonds. The van der Waals surface area contributed by atoms with Gasteiger partial charge >= 0.3 is 0 Å². The molecule has 0 fully saturated rings. The molecule has 5 nitrogen and oxygen atoms in total. The average molecular weight is 566 g/mol. The Labute approximate surface area is 244 Å². The number of halogens is 1. The standard InChI is InChI=1S/C31H26ClN5S.C2H6/c1-6-24(26(32)7-2)30-15-28-31(38-30)19(3)36(29-17-33-16-21-10-8-9-11-25(21)29)20(4)37(28)23-13-12-22-18-35(5)34-27(22)14-23;1-2/h6-18H,3-4H2,1-2,5H3;1-2H3/b24-6+,26-7+;. The summed E-state index contributed by atoms with van der Waals surface area (Å²) in [5.41, 5.74) is 5.67. The van der Waals surface area contributed by atoms with E-state index in [0.29, 0.717) is 5.03 Å². The fourth-order valence-electron chi connectivity index (χ4n) is 5.06. The minimum absolute atomic E-state index is 0.715. The molecule has 0 N–H and O–H groups in total. The highest BCUT2D eigenvalue weighted by atomic mass is 35.5. The van der Waals surface area contributed by atoms with E-state index in [1.165, 1.54) is 0 Å². The van der Waals surface area contributed by atoms with E-state index in [0.717, 1.165) is 65.6 Å². The van der Waals surface area contributed by atoms with Crippen molar-refractivity contribution in [3.63, 3.8) is 0 Å². The predicted molar refractivity (Wildman–Crippen MR) is 174 cm³/mol. The molecule has 0 bridgehead atoms. The van der Waals surface area contributed by atoms with Gasteiger partial charge in [0, 0.05) is 56.8 Å². The number of hydrogen-bond donors (Lipinski definition) is 0. The van der Waals surface area contributed by atoms with Gasteiger partial charge in [0.05, 0.1) is 33.7 Å². The highest BCUT2D eigenvalue weighted by Crippen LogP contribution is 2.51. The molecule has 0 saturated carbocycles. The highest BCUT2D eigenvalue weighted by Gasteiger charge is 2.34. The molecule has 202 valence electrons. The summed E-state index contributed by atoms with van der Waals surface area (Å²) in [4.78, 5) is 10.9. The first kappa shape index (κ1) is 27.4. The zero-order valence-corrected chi connectivity index (χ0v) is 25.0. The third kappa shape index (κ3) is 4.53. The number of aromatic nitrogens is 3. The van der Waals surface area contributed by atoms with Gasteiger partial charge in [-0.1, -0.05) is 75.0 Å². The number of benzene rings is 2. The van der Waals surface area contributed by atoms with Crippen molar-refractivity contribution in [2.24, 2.45) is 7.05 Å². The topological polar surface area (TPSA) is 37.2 Å². The second-order valence-corrected chi connectivity index (χ2v) is 10.6. The number of anilines is 3. The molecule has 2 aromatic carbocycles. The van der Waals surface area contributed by atoms with Gasteiger partial charge in [-0.25, -0.2) is 0 Å². The lowest BCUT2D eigenvalue weighted by molar-refractivity contribution is 0.779. The van der Waals surface area contributed by atoms with Crippen LogP contribution in [0.4, 0.5) is 17.1 Å². The number of nitrogens with zero attached hydrogens (tertiary/aromatic N) is 5. The lowest BCUT2D eigenvalue weighted by atomic mass is 10.1. The Bertz CT molecular complexity index is 1820. The van der Waals surface area contributed by atoms with Crippen molar-refractivity contribution in [2.75, 3.05) is 9.80 Å². The zero-order valence-electron chi connectivity index (χ0n) is 23.4. The maximum atomic E-state index is 6.62. The fourth-order valence-corrected chi connectivity index (χ4v) is 6.51. The number of allylic oxidation sites excluding steroid dienone is 4. The minimum Gasteiger partial charge on any atom is -0.295 e. The summed E-state index contributed by atoms with van der Waals surface area (Å²) in [5.74, 6) is 0.763. The molecule has 4 heterocycles. The third-order valence-electron chi connectivity index (χ3n) is 6.82. The lowest BCUT2D eigenvalue weighted by Gasteiger charge is -2.41. The Kier molecular flexibility index (Phi) is 7.66. The van der Waals surface area contributed by atoms with E-state index >= 15 is 0 Å². The molecule has 5 aromatic rings. The van der Waals surface area contributed by atoms with Gasteiger partial charge < -0.3 is 0 Å². The lowest BCUT2D eigenvalue weighted by Crippen LogP contribution is -2.35. The molecule has 6 rings (SSSR count). The van der Waals surface area contributed by atoms with Crippen LogP contribution in [0.1, 0.15) is 37.4 Å². The predicted octanol–water partition coefficient (Wildman–Crippen LogP) is 9.86. The van der Waals surface area contributed by atoms with Gasteiger partial charge in [-0.3, -0.25) is 19.5 Å². The summed E-state index contributed by atoms with van der Waals surface area (Å²) in [6, 6.07) is 16.7. The fraction of sp³-hybridized carbons (Fsp3) is 0.152. The molecule has 3 aromatic heterocycles. The summed E-state index contributed by atoms with van der Waals surface area (Å²) < 4.78 is 1.83. The number of fused-ring (bicyclic) bond motifs is 3. The van der Waals surface area contributed by atoms with Gasteiger partial charge in [-0.2, -0.15) is 5.10 Å². The van der Waals surface area contributed by atoms with Crippen molar-refractivity contribution in [2.45, 2.75) is 27.7 Å². The summed E-state index contributed by atoms with van der Waals surface area (Å²) in [5, 5.41) is 8.59. The van der Waals surface area contributed by atoms with Gasteiger partial charge in [-0.15, -0.1) is 11.3 Å². The molecule has 40 heavy (non-hydrogen) atoms. The van der Waals surface area contributed by atoms with Crippen molar-refractivity contribution >= 4 is 72.9 Å². The van der Waals surface area contributed by atoms with E-state index in [2.05, 4.69) is 69.4 Å². The monoisotopic (exact) mass is 565 g/mol. The zero-order chi connectivity index (χ0) is 28.6. The van der Waals surface area contributed by atoms with Crippen LogP contribution in [0.2, 0.25) is 0 Å². The SMILES string of the molecule is C=C1c2sc(C(=C/C)/C(Cl)=C\C)cc2N(c2ccc3cn(C)nc3c2)C(=C)N1c1cncc2ccccc12.CC. The molecule has 0 aliphatic carbocycles. The molecular formula is C33H32ClN5S. The normalized spacial score (nSPS) is 14.1. The van der Waals surface area contributed by atoms with Crippen LogP contribution < -0.4 is 9.80 Å². The first-order chi connectivity index (χ1) is 19.4. The van der Waals surface area contributed by atoms with Crippen molar-refractivity contribution in [1.82, 2.24) is 14.8 Å².